The van der Waals surface area contributed by atoms with Gasteiger partial charge in [-0.1, -0.05) is 0 Å². The normalized spacial score (nSPS) is 23.5. The minimum absolute atomic E-state index is 0.208. The van der Waals surface area contributed by atoms with Gasteiger partial charge in [0.2, 0.25) is 6.17 Å². The van der Waals surface area contributed by atoms with Crippen molar-refractivity contribution in [1.29, 1.82) is 0 Å². The molecule has 1 heterocycles. The number of nitrogens with zero attached hydrogens (tertiary/aromatic N) is 3. The van der Waals surface area contributed by atoms with Crippen LogP contribution >= 0.6 is 0 Å². The average molecular weight is 195 g/mol. The van der Waals surface area contributed by atoms with Gasteiger partial charge in [-0.15, -0.1) is 0 Å². The van der Waals surface area contributed by atoms with Crippen molar-refractivity contribution in [2.75, 3.05) is 7.05 Å². The molecule has 0 radical (unpaired) electrons. The van der Waals surface area contributed by atoms with E-state index < -0.39 is 12.3 Å². The standard InChI is InChI=1S/C7H12F3N3/c1-5(2)13-4-11-12(3)6(13)7(8,9)10/h4-6H,1-3H3. The Hall–Kier alpha value is -0.940. The Morgan fingerprint density at radius 3 is 2.23 bits per heavy atom. The van der Waals surface area contributed by atoms with Gasteiger partial charge in [0.05, 0.1) is 0 Å². The Kier molecular flexibility index (Phi) is 2.40. The fourth-order valence-corrected chi connectivity index (χ4v) is 1.26. The van der Waals surface area contributed by atoms with Crippen molar-refractivity contribution >= 4 is 6.34 Å². The van der Waals surface area contributed by atoms with Crippen molar-refractivity contribution in [1.82, 2.24) is 9.91 Å². The van der Waals surface area contributed by atoms with Gasteiger partial charge in [-0.2, -0.15) is 18.3 Å². The van der Waals surface area contributed by atoms with Crippen molar-refractivity contribution in [3.63, 3.8) is 0 Å². The molecular weight excluding hydrogens is 183 g/mol. The lowest BCUT2D eigenvalue weighted by Gasteiger charge is -2.32. The molecule has 0 fully saturated rings. The lowest BCUT2D eigenvalue weighted by molar-refractivity contribution is -0.206. The second-order valence-corrected chi connectivity index (χ2v) is 3.26. The van der Waals surface area contributed by atoms with Crippen molar-refractivity contribution in [3.8, 4) is 0 Å². The summed E-state index contributed by atoms with van der Waals surface area (Å²) in [6.45, 7) is 3.40. The van der Waals surface area contributed by atoms with Gasteiger partial charge < -0.3 is 4.90 Å². The van der Waals surface area contributed by atoms with Crippen LogP contribution in [0.3, 0.4) is 0 Å². The van der Waals surface area contributed by atoms with Crippen LogP contribution in [0.15, 0.2) is 5.10 Å². The van der Waals surface area contributed by atoms with Gasteiger partial charge in [0.15, 0.2) is 0 Å². The van der Waals surface area contributed by atoms with Gasteiger partial charge >= 0.3 is 6.18 Å². The topological polar surface area (TPSA) is 18.8 Å². The molecule has 1 rings (SSSR count). The molecule has 3 nitrogen and oxygen atoms in total. The Labute approximate surface area is 74.8 Å². The first-order valence-electron chi connectivity index (χ1n) is 3.95. The van der Waals surface area contributed by atoms with E-state index in [1.54, 1.807) is 13.8 Å². The molecule has 1 unspecified atom stereocenters. The SMILES string of the molecule is CC(C)N1C=NN(C)C1C(F)(F)F. The van der Waals surface area contributed by atoms with Gasteiger partial charge in [-0.25, -0.2) is 0 Å². The zero-order valence-electron chi connectivity index (χ0n) is 7.71. The summed E-state index contributed by atoms with van der Waals surface area (Å²) in [6, 6.07) is -0.208. The summed E-state index contributed by atoms with van der Waals surface area (Å²) in [4.78, 5) is 1.18. The third-order valence-corrected chi connectivity index (χ3v) is 1.89. The Balaban J connectivity index is 2.82. The summed E-state index contributed by atoms with van der Waals surface area (Å²) in [6.07, 6.45) is -4.66. The Morgan fingerprint density at radius 2 is 1.92 bits per heavy atom. The van der Waals surface area contributed by atoms with Crippen LogP contribution in [-0.4, -0.2) is 41.7 Å². The highest BCUT2D eigenvalue weighted by molar-refractivity contribution is 5.57. The number of alkyl halides is 3. The van der Waals surface area contributed by atoms with Crippen LogP contribution < -0.4 is 0 Å². The quantitative estimate of drug-likeness (QED) is 0.631. The van der Waals surface area contributed by atoms with Gasteiger partial charge in [0.1, 0.15) is 6.34 Å². The maximum absolute atomic E-state index is 12.5. The summed E-state index contributed by atoms with van der Waals surface area (Å²) in [7, 11) is 1.32. The van der Waals surface area contributed by atoms with Crippen LogP contribution in [0.25, 0.3) is 0 Å². The van der Waals surface area contributed by atoms with Crippen LogP contribution in [-0.2, 0) is 0 Å². The molecule has 13 heavy (non-hydrogen) atoms. The zero-order chi connectivity index (χ0) is 10.2. The number of hydrazone groups is 1. The highest BCUT2D eigenvalue weighted by atomic mass is 19.4. The monoisotopic (exact) mass is 195 g/mol. The molecule has 1 aliphatic heterocycles. The molecule has 0 spiro atoms. The van der Waals surface area contributed by atoms with Crippen molar-refractivity contribution < 1.29 is 13.2 Å². The molecule has 0 aromatic carbocycles. The molecule has 0 N–H and O–H groups in total. The summed E-state index contributed by atoms with van der Waals surface area (Å²) in [5, 5.41) is 4.52. The molecule has 6 heteroatoms. The maximum Gasteiger partial charge on any atom is 0.429 e. The molecule has 0 amide bonds. The van der Waals surface area contributed by atoms with Gasteiger partial charge in [-0.05, 0) is 13.8 Å². The molecule has 0 aromatic rings. The number of hydrogen-bond acceptors (Lipinski definition) is 3. The predicted molar refractivity (Wildman–Crippen MR) is 43.1 cm³/mol. The molecule has 76 valence electrons. The Morgan fingerprint density at radius 1 is 1.38 bits per heavy atom. The lowest BCUT2D eigenvalue weighted by Crippen LogP contribution is -2.51. The van der Waals surface area contributed by atoms with Crippen molar-refractivity contribution in [3.05, 3.63) is 0 Å². The fourth-order valence-electron chi connectivity index (χ4n) is 1.26. The first-order valence-corrected chi connectivity index (χ1v) is 3.95. The van der Waals surface area contributed by atoms with E-state index in [9.17, 15) is 13.2 Å². The van der Waals surface area contributed by atoms with Crippen LogP contribution in [0.2, 0.25) is 0 Å². The van der Waals surface area contributed by atoms with Crippen LogP contribution in [0.1, 0.15) is 13.8 Å². The zero-order valence-corrected chi connectivity index (χ0v) is 7.71. The molecule has 0 saturated carbocycles. The largest absolute Gasteiger partial charge is 0.429 e. The van der Waals surface area contributed by atoms with Crippen molar-refractivity contribution in [2.24, 2.45) is 5.10 Å². The molecule has 0 aliphatic carbocycles. The minimum atomic E-state index is -4.27. The van der Waals surface area contributed by atoms with E-state index in [0.29, 0.717) is 0 Å². The highest BCUT2D eigenvalue weighted by Gasteiger charge is 2.48. The van der Waals surface area contributed by atoms with Crippen LogP contribution in [0.4, 0.5) is 13.2 Å². The highest BCUT2D eigenvalue weighted by Crippen LogP contribution is 2.30. The van der Waals surface area contributed by atoms with Gasteiger partial charge in [0.25, 0.3) is 0 Å². The van der Waals surface area contributed by atoms with E-state index in [2.05, 4.69) is 5.10 Å². The molecular formula is C7H12F3N3. The number of rotatable bonds is 1. The van der Waals surface area contributed by atoms with E-state index in [4.69, 9.17) is 0 Å². The summed E-state index contributed by atoms with van der Waals surface area (Å²) in [5.74, 6) is 0. The second kappa shape index (κ2) is 3.08. The molecule has 1 atom stereocenters. The van der Waals surface area contributed by atoms with Gasteiger partial charge in [0, 0.05) is 13.1 Å². The van der Waals surface area contributed by atoms with Crippen LogP contribution in [0, 0.1) is 0 Å². The lowest BCUT2D eigenvalue weighted by atomic mass is 10.3. The fraction of sp³-hybridized carbons (Fsp3) is 0.857. The number of hydrogen-bond donors (Lipinski definition) is 0. The molecule has 1 aliphatic rings. The maximum atomic E-state index is 12.5. The smallest absolute Gasteiger partial charge is 0.330 e. The number of halogens is 3. The molecule has 0 saturated heterocycles. The van der Waals surface area contributed by atoms with E-state index in [0.717, 1.165) is 5.01 Å². The Bertz CT molecular complexity index is 212. The van der Waals surface area contributed by atoms with E-state index >= 15 is 0 Å². The minimum Gasteiger partial charge on any atom is -0.330 e. The van der Waals surface area contributed by atoms with E-state index in [-0.39, 0.29) is 6.04 Å². The summed E-state index contributed by atoms with van der Waals surface area (Å²) < 4.78 is 37.4. The third kappa shape index (κ3) is 1.87. The summed E-state index contributed by atoms with van der Waals surface area (Å²) >= 11 is 0. The summed E-state index contributed by atoms with van der Waals surface area (Å²) in [5.41, 5.74) is 0. The molecule has 0 bridgehead atoms. The van der Waals surface area contributed by atoms with Gasteiger partial charge in [-0.3, -0.25) is 5.01 Å². The predicted octanol–water partition coefficient (Wildman–Crippen LogP) is 1.47. The van der Waals surface area contributed by atoms with Crippen LogP contribution in [0.5, 0.6) is 0 Å². The third-order valence-electron chi connectivity index (χ3n) is 1.89. The first-order chi connectivity index (χ1) is 5.84. The van der Waals surface area contributed by atoms with Crippen molar-refractivity contribution in [2.45, 2.75) is 32.2 Å². The van der Waals surface area contributed by atoms with E-state index in [1.807, 2.05) is 0 Å². The van der Waals surface area contributed by atoms with E-state index in [1.165, 1.54) is 18.3 Å². The first kappa shape index (κ1) is 10.1. The second-order valence-electron chi connectivity index (χ2n) is 3.26. The molecule has 0 aromatic heterocycles. The average Bonchev–Trinajstić information content (AvgIpc) is 2.28.